The zero-order valence-electron chi connectivity index (χ0n) is 8.52. The van der Waals surface area contributed by atoms with E-state index in [2.05, 4.69) is 20.7 Å². The topological polar surface area (TPSA) is 83.5 Å². The Morgan fingerprint density at radius 3 is 2.56 bits per heavy atom. The van der Waals surface area contributed by atoms with Crippen LogP contribution in [0.4, 0.5) is 0 Å². The van der Waals surface area contributed by atoms with E-state index in [9.17, 15) is 13.2 Å². The first kappa shape index (κ1) is 13.6. The Morgan fingerprint density at radius 1 is 1.62 bits per heavy atom. The maximum absolute atomic E-state index is 11.8. The van der Waals surface area contributed by atoms with Crippen LogP contribution in [0.25, 0.3) is 0 Å². The molecule has 1 aromatic rings. The van der Waals surface area contributed by atoms with Gasteiger partial charge in [-0.1, -0.05) is 0 Å². The minimum absolute atomic E-state index is 0.109. The van der Waals surface area contributed by atoms with Gasteiger partial charge in [-0.2, -0.15) is 4.72 Å². The molecular weight excluding hydrogens is 318 g/mol. The van der Waals surface area contributed by atoms with Gasteiger partial charge in [0.2, 0.25) is 10.0 Å². The molecule has 1 heterocycles. The number of hydrogen-bond acceptors (Lipinski definition) is 4. The molecule has 0 aromatic carbocycles. The lowest BCUT2D eigenvalue weighted by atomic mass is 10.4. The Hall–Kier alpha value is -0.440. The van der Waals surface area contributed by atoms with Gasteiger partial charge in [-0.15, -0.1) is 11.3 Å². The smallest absolute Gasteiger partial charge is 0.321 e. The molecule has 0 aliphatic rings. The fourth-order valence-corrected chi connectivity index (χ4v) is 4.66. The van der Waals surface area contributed by atoms with Crippen LogP contribution < -0.4 is 4.72 Å². The van der Waals surface area contributed by atoms with E-state index >= 15 is 0 Å². The Kier molecular flexibility index (Phi) is 4.11. The van der Waals surface area contributed by atoms with E-state index in [1.807, 2.05) is 0 Å². The van der Waals surface area contributed by atoms with E-state index in [1.54, 1.807) is 6.92 Å². The van der Waals surface area contributed by atoms with Gasteiger partial charge < -0.3 is 5.11 Å². The van der Waals surface area contributed by atoms with E-state index in [1.165, 1.54) is 24.3 Å². The lowest BCUT2D eigenvalue weighted by molar-refractivity contribution is -0.138. The van der Waals surface area contributed by atoms with Crippen LogP contribution in [0, 0.1) is 6.92 Å². The minimum atomic E-state index is -3.76. The molecule has 8 heteroatoms. The summed E-state index contributed by atoms with van der Waals surface area (Å²) >= 11 is 4.46. The van der Waals surface area contributed by atoms with Gasteiger partial charge in [0.1, 0.15) is 6.04 Å². The fourth-order valence-electron chi connectivity index (χ4n) is 1.04. The number of aryl methyl sites for hydroxylation is 1. The van der Waals surface area contributed by atoms with E-state index in [4.69, 9.17) is 5.11 Å². The van der Waals surface area contributed by atoms with Crippen molar-refractivity contribution in [2.45, 2.75) is 24.8 Å². The lowest BCUT2D eigenvalue weighted by Gasteiger charge is -2.09. The van der Waals surface area contributed by atoms with Gasteiger partial charge in [0.25, 0.3) is 0 Å². The second-order valence-corrected chi connectivity index (χ2v) is 7.47. The van der Waals surface area contributed by atoms with Crippen LogP contribution in [-0.4, -0.2) is 25.5 Å². The molecule has 0 amide bonds. The standard InChI is InChI=1S/C8H10BrNO4S2/c1-4(8(11)12)10-16(13,14)6-3-7(9)15-5(6)2/h3-4,10H,1-2H3,(H,11,12)/t4-/m0/s1. The number of hydrogen-bond donors (Lipinski definition) is 2. The number of thiophene rings is 1. The molecule has 0 aliphatic heterocycles. The first-order chi connectivity index (χ1) is 7.24. The molecule has 1 aromatic heterocycles. The number of rotatable bonds is 4. The third kappa shape index (κ3) is 3.03. The predicted molar refractivity (Wildman–Crippen MR) is 64.2 cm³/mol. The van der Waals surface area contributed by atoms with Crippen molar-refractivity contribution in [3.63, 3.8) is 0 Å². The number of carboxylic acid groups (broad SMARTS) is 1. The molecule has 5 nitrogen and oxygen atoms in total. The summed E-state index contributed by atoms with van der Waals surface area (Å²) in [7, 11) is -3.76. The average molecular weight is 328 g/mol. The largest absolute Gasteiger partial charge is 0.480 e. The summed E-state index contributed by atoms with van der Waals surface area (Å²) in [5, 5.41) is 8.63. The number of sulfonamides is 1. The van der Waals surface area contributed by atoms with E-state index in [0.29, 0.717) is 8.66 Å². The SMILES string of the molecule is Cc1sc(Br)cc1S(=O)(=O)N[C@@H](C)C(=O)O. The second-order valence-electron chi connectivity index (χ2n) is 3.15. The lowest BCUT2D eigenvalue weighted by Crippen LogP contribution is -2.38. The zero-order valence-corrected chi connectivity index (χ0v) is 11.7. The number of carboxylic acids is 1. The van der Waals surface area contributed by atoms with Crippen molar-refractivity contribution >= 4 is 43.3 Å². The summed E-state index contributed by atoms with van der Waals surface area (Å²) in [6.07, 6.45) is 0. The highest BCUT2D eigenvalue weighted by Gasteiger charge is 2.24. The second kappa shape index (κ2) is 4.82. The predicted octanol–water partition coefficient (Wildman–Crippen LogP) is 1.57. The molecule has 0 saturated carbocycles. The van der Waals surface area contributed by atoms with Crippen LogP contribution in [-0.2, 0) is 14.8 Å². The van der Waals surface area contributed by atoms with Crippen LogP contribution in [0.15, 0.2) is 14.7 Å². The number of halogens is 1. The van der Waals surface area contributed by atoms with Crippen molar-refractivity contribution in [3.8, 4) is 0 Å². The monoisotopic (exact) mass is 327 g/mol. The summed E-state index contributed by atoms with van der Waals surface area (Å²) in [4.78, 5) is 11.3. The Morgan fingerprint density at radius 2 is 2.19 bits per heavy atom. The third-order valence-corrected chi connectivity index (χ3v) is 5.18. The highest BCUT2D eigenvalue weighted by molar-refractivity contribution is 9.11. The maximum Gasteiger partial charge on any atom is 0.321 e. The summed E-state index contributed by atoms with van der Waals surface area (Å²) in [5.74, 6) is -1.21. The van der Waals surface area contributed by atoms with Crippen LogP contribution in [0.2, 0.25) is 0 Å². The van der Waals surface area contributed by atoms with Gasteiger partial charge in [0.05, 0.1) is 8.68 Å². The van der Waals surface area contributed by atoms with Crippen LogP contribution in [0.1, 0.15) is 11.8 Å². The highest BCUT2D eigenvalue weighted by Crippen LogP contribution is 2.29. The summed E-state index contributed by atoms with van der Waals surface area (Å²) < 4.78 is 26.4. The minimum Gasteiger partial charge on any atom is -0.480 e. The first-order valence-electron chi connectivity index (χ1n) is 4.25. The molecule has 2 N–H and O–H groups in total. The van der Waals surface area contributed by atoms with Crippen molar-refractivity contribution in [1.29, 1.82) is 0 Å². The van der Waals surface area contributed by atoms with E-state index in [-0.39, 0.29) is 4.90 Å². The van der Waals surface area contributed by atoms with Gasteiger partial charge in [0, 0.05) is 4.88 Å². The summed E-state index contributed by atoms with van der Waals surface area (Å²) in [6.45, 7) is 2.94. The van der Waals surface area contributed by atoms with E-state index in [0.717, 1.165) is 0 Å². The summed E-state index contributed by atoms with van der Waals surface area (Å²) in [5.41, 5.74) is 0. The molecule has 0 saturated heterocycles. The van der Waals surface area contributed by atoms with Crippen molar-refractivity contribution in [2.75, 3.05) is 0 Å². The van der Waals surface area contributed by atoms with Gasteiger partial charge in [-0.25, -0.2) is 8.42 Å². The maximum atomic E-state index is 11.8. The molecule has 0 radical (unpaired) electrons. The fraction of sp³-hybridized carbons (Fsp3) is 0.375. The molecule has 0 bridgehead atoms. The van der Waals surface area contributed by atoms with Gasteiger partial charge in [0.15, 0.2) is 0 Å². The van der Waals surface area contributed by atoms with Gasteiger partial charge >= 0.3 is 5.97 Å². The van der Waals surface area contributed by atoms with Crippen LogP contribution in [0.3, 0.4) is 0 Å². The van der Waals surface area contributed by atoms with Crippen molar-refractivity contribution in [3.05, 3.63) is 14.7 Å². The molecule has 0 aliphatic carbocycles. The molecule has 1 atom stereocenters. The molecular formula is C8H10BrNO4S2. The quantitative estimate of drug-likeness (QED) is 0.879. The van der Waals surface area contributed by atoms with Crippen molar-refractivity contribution in [2.24, 2.45) is 0 Å². The van der Waals surface area contributed by atoms with Crippen LogP contribution >= 0.6 is 27.3 Å². The van der Waals surface area contributed by atoms with Crippen molar-refractivity contribution < 1.29 is 18.3 Å². The Bertz CT molecular complexity index is 508. The number of aliphatic carboxylic acids is 1. The molecule has 0 fully saturated rings. The molecule has 16 heavy (non-hydrogen) atoms. The van der Waals surface area contributed by atoms with Gasteiger partial charge in [-0.05, 0) is 35.8 Å². The van der Waals surface area contributed by atoms with Gasteiger partial charge in [-0.3, -0.25) is 4.79 Å². The first-order valence-corrected chi connectivity index (χ1v) is 7.34. The highest BCUT2D eigenvalue weighted by atomic mass is 79.9. The molecule has 90 valence electrons. The molecule has 0 unspecified atom stereocenters. The Balaban J connectivity index is 3.03. The third-order valence-electron chi connectivity index (χ3n) is 1.83. The van der Waals surface area contributed by atoms with Crippen LogP contribution in [0.5, 0.6) is 0 Å². The summed E-state index contributed by atoms with van der Waals surface area (Å²) in [6, 6.07) is 0.305. The average Bonchev–Trinajstić information content (AvgIpc) is 2.45. The normalized spacial score (nSPS) is 13.7. The molecule has 0 spiro atoms. The number of nitrogens with one attached hydrogen (secondary N) is 1. The zero-order chi connectivity index (χ0) is 12.5. The van der Waals surface area contributed by atoms with Crippen molar-refractivity contribution in [1.82, 2.24) is 4.72 Å². The Labute approximate surface area is 106 Å². The number of carbonyl (C=O) groups is 1. The molecule has 1 rings (SSSR count). The van der Waals surface area contributed by atoms with E-state index < -0.39 is 22.0 Å².